The summed E-state index contributed by atoms with van der Waals surface area (Å²) in [7, 11) is 4.03. The van der Waals surface area contributed by atoms with Crippen molar-refractivity contribution >= 4 is 5.91 Å². The molecule has 0 N–H and O–H groups in total. The first-order chi connectivity index (χ1) is 13.0. The van der Waals surface area contributed by atoms with Gasteiger partial charge < -0.3 is 19.3 Å². The summed E-state index contributed by atoms with van der Waals surface area (Å²) in [5.74, 6) is 1.06. The van der Waals surface area contributed by atoms with Crippen molar-refractivity contribution in [3.63, 3.8) is 0 Å². The number of aromatic nitrogens is 1. The number of rotatable bonds is 3. The molecule has 0 spiro atoms. The Hall–Kier alpha value is -2.80. The van der Waals surface area contributed by atoms with E-state index in [1.54, 1.807) is 42.3 Å². The number of hydrogen-bond donors (Lipinski definition) is 0. The summed E-state index contributed by atoms with van der Waals surface area (Å²) in [6, 6.07) is 7.45. The number of nitrogens with zero attached hydrogens (tertiary/aromatic N) is 3. The van der Waals surface area contributed by atoms with Gasteiger partial charge in [0.15, 0.2) is 11.5 Å². The minimum atomic E-state index is -0.313. The van der Waals surface area contributed by atoms with Crippen LogP contribution in [0.25, 0.3) is 5.69 Å². The number of likely N-dealkylation sites (N-methyl/N-ethyl adjacent to an activating group) is 1. The first kappa shape index (κ1) is 17.6. The lowest BCUT2D eigenvalue weighted by Crippen LogP contribution is -2.38. The molecule has 7 heteroatoms. The maximum absolute atomic E-state index is 13.1. The Balaban J connectivity index is 1.69. The zero-order chi connectivity index (χ0) is 19.1. The fourth-order valence-electron chi connectivity index (χ4n) is 3.63. The molecular formula is C20H23N3O4. The number of likely N-dealkylation sites (tertiary alicyclic amines) is 1. The quantitative estimate of drug-likeness (QED) is 0.823. The number of hydrogen-bond acceptors (Lipinski definition) is 5. The first-order valence-corrected chi connectivity index (χ1v) is 9.03. The summed E-state index contributed by atoms with van der Waals surface area (Å²) in [6.07, 6.45) is 2.61. The van der Waals surface area contributed by atoms with E-state index in [1.807, 2.05) is 14.1 Å². The van der Waals surface area contributed by atoms with Crippen LogP contribution in [0.1, 0.15) is 22.3 Å². The van der Waals surface area contributed by atoms with E-state index in [0.29, 0.717) is 41.9 Å². The van der Waals surface area contributed by atoms with E-state index < -0.39 is 0 Å². The number of benzene rings is 1. The molecule has 2 aliphatic heterocycles. The van der Waals surface area contributed by atoms with Gasteiger partial charge in [-0.1, -0.05) is 0 Å². The van der Waals surface area contributed by atoms with Crippen molar-refractivity contribution in [3.8, 4) is 17.2 Å². The van der Waals surface area contributed by atoms with Crippen molar-refractivity contribution < 1.29 is 14.3 Å². The molecule has 1 unspecified atom stereocenters. The molecule has 1 saturated heterocycles. The lowest BCUT2D eigenvalue weighted by molar-refractivity contribution is 0.0780. The van der Waals surface area contributed by atoms with Gasteiger partial charge in [0.1, 0.15) is 5.56 Å². The number of pyridine rings is 1. The van der Waals surface area contributed by atoms with Gasteiger partial charge in [-0.05, 0) is 51.2 Å². The molecule has 0 radical (unpaired) electrons. The lowest BCUT2D eigenvalue weighted by Gasteiger charge is -2.21. The summed E-state index contributed by atoms with van der Waals surface area (Å²) < 4.78 is 12.2. The lowest BCUT2D eigenvalue weighted by atomic mass is 10.1. The average molecular weight is 369 g/mol. The largest absolute Gasteiger partial charge is 0.454 e. The highest BCUT2D eigenvalue weighted by Crippen LogP contribution is 2.33. The van der Waals surface area contributed by atoms with Gasteiger partial charge in [0, 0.05) is 31.4 Å². The number of ether oxygens (including phenoxy) is 2. The molecule has 142 valence electrons. The summed E-state index contributed by atoms with van der Waals surface area (Å²) in [5, 5.41) is 0. The van der Waals surface area contributed by atoms with E-state index >= 15 is 0 Å². The molecule has 7 nitrogen and oxygen atoms in total. The maximum atomic E-state index is 13.1. The predicted octanol–water partition coefficient (Wildman–Crippen LogP) is 1.65. The van der Waals surface area contributed by atoms with E-state index in [-0.39, 0.29) is 23.8 Å². The third-order valence-corrected chi connectivity index (χ3v) is 5.33. The fourth-order valence-corrected chi connectivity index (χ4v) is 3.63. The van der Waals surface area contributed by atoms with Crippen molar-refractivity contribution in [1.82, 2.24) is 14.4 Å². The Bertz CT molecular complexity index is 951. The van der Waals surface area contributed by atoms with Crippen molar-refractivity contribution in [2.75, 3.05) is 34.0 Å². The van der Waals surface area contributed by atoms with Crippen LogP contribution < -0.4 is 15.0 Å². The third-order valence-electron chi connectivity index (χ3n) is 5.33. The molecule has 1 amide bonds. The predicted molar refractivity (Wildman–Crippen MR) is 101 cm³/mol. The number of aryl methyl sites for hydroxylation is 1. The smallest absolute Gasteiger partial charge is 0.268 e. The second-order valence-corrected chi connectivity index (χ2v) is 7.24. The topological polar surface area (TPSA) is 64.0 Å². The molecule has 0 aliphatic carbocycles. The van der Waals surface area contributed by atoms with E-state index in [9.17, 15) is 9.59 Å². The number of carbonyl (C=O) groups is 1. The van der Waals surface area contributed by atoms with Crippen LogP contribution in [0, 0.1) is 6.92 Å². The van der Waals surface area contributed by atoms with Gasteiger partial charge in [0.25, 0.3) is 11.5 Å². The van der Waals surface area contributed by atoms with Gasteiger partial charge in [-0.2, -0.15) is 0 Å². The SMILES string of the molecule is Cc1ccn(-c2ccc3c(c2)OCO3)c(=O)c1C(=O)N1CCC(N(C)C)C1. The monoisotopic (exact) mass is 369 g/mol. The Labute approximate surface area is 157 Å². The molecule has 2 aromatic rings. The fraction of sp³-hybridized carbons (Fsp3) is 0.400. The van der Waals surface area contributed by atoms with Crippen molar-refractivity contribution in [2.45, 2.75) is 19.4 Å². The Morgan fingerprint density at radius 2 is 1.96 bits per heavy atom. The average Bonchev–Trinajstić information content (AvgIpc) is 3.30. The van der Waals surface area contributed by atoms with Gasteiger partial charge in [0.05, 0.1) is 5.69 Å². The number of amides is 1. The van der Waals surface area contributed by atoms with E-state index in [0.717, 1.165) is 6.42 Å². The van der Waals surface area contributed by atoms with E-state index in [2.05, 4.69) is 4.90 Å². The minimum absolute atomic E-state index is 0.174. The van der Waals surface area contributed by atoms with Crippen molar-refractivity contribution in [2.24, 2.45) is 0 Å². The molecule has 2 aliphatic rings. The second kappa shape index (κ2) is 6.74. The van der Waals surface area contributed by atoms with Gasteiger partial charge in [-0.15, -0.1) is 0 Å². The Kier molecular flexibility index (Phi) is 4.39. The zero-order valence-corrected chi connectivity index (χ0v) is 15.8. The minimum Gasteiger partial charge on any atom is -0.454 e. The summed E-state index contributed by atoms with van der Waals surface area (Å²) in [5.41, 5.74) is 1.25. The molecule has 27 heavy (non-hydrogen) atoms. The molecule has 0 bridgehead atoms. The van der Waals surface area contributed by atoms with Gasteiger partial charge >= 0.3 is 0 Å². The normalized spacial score (nSPS) is 18.4. The first-order valence-electron chi connectivity index (χ1n) is 9.03. The molecule has 1 fully saturated rings. The van der Waals surface area contributed by atoms with E-state index in [1.165, 1.54) is 4.57 Å². The number of fused-ring (bicyclic) bond motifs is 1. The van der Waals surface area contributed by atoms with Gasteiger partial charge in [0.2, 0.25) is 6.79 Å². The molecule has 1 atom stereocenters. The standard InChI is InChI=1S/C20H23N3O4/c1-13-6-9-23(14-4-5-16-17(10-14)27-12-26-16)20(25)18(13)19(24)22-8-7-15(11-22)21(2)3/h4-6,9-10,15H,7-8,11-12H2,1-3H3. The molecule has 3 heterocycles. The maximum Gasteiger partial charge on any atom is 0.268 e. The van der Waals surface area contributed by atoms with Crippen LogP contribution in [0.2, 0.25) is 0 Å². The highest BCUT2D eigenvalue weighted by molar-refractivity contribution is 5.95. The highest BCUT2D eigenvalue weighted by Gasteiger charge is 2.30. The van der Waals surface area contributed by atoms with Crippen LogP contribution in [-0.2, 0) is 0 Å². The molecule has 0 saturated carbocycles. The summed E-state index contributed by atoms with van der Waals surface area (Å²) in [4.78, 5) is 30.1. The van der Waals surface area contributed by atoms with Crippen LogP contribution >= 0.6 is 0 Å². The van der Waals surface area contributed by atoms with Crippen LogP contribution in [0.4, 0.5) is 0 Å². The third kappa shape index (κ3) is 3.08. The highest BCUT2D eigenvalue weighted by atomic mass is 16.7. The second-order valence-electron chi connectivity index (χ2n) is 7.24. The zero-order valence-electron chi connectivity index (χ0n) is 15.8. The number of carbonyl (C=O) groups excluding carboxylic acids is 1. The van der Waals surface area contributed by atoms with Crippen LogP contribution in [0.3, 0.4) is 0 Å². The molecule has 1 aromatic carbocycles. The van der Waals surface area contributed by atoms with Crippen LogP contribution in [0.5, 0.6) is 11.5 Å². The molecule has 4 rings (SSSR count). The Morgan fingerprint density at radius 1 is 1.19 bits per heavy atom. The van der Waals surface area contributed by atoms with Crippen LogP contribution in [-0.4, -0.2) is 60.3 Å². The summed E-state index contributed by atoms with van der Waals surface area (Å²) >= 11 is 0. The van der Waals surface area contributed by atoms with Crippen molar-refractivity contribution in [1.29, 1.82) is 0 Å². The molecule has 1 aromatic heterocycles. The van der Waals surface area contributed by atoms with E-state index in [4.69, 9.17) is 9.47 Å². The molecular weight excluding hydrogens is 346 g/mol. The Morgan fingerprint density at radius 3 is 2.70 bits per heavy atom. The van der Waals surface area contributed by atoms with Gasteiger partial charge in [-0.25, -0.2) is 0 Å². The van der Waals surface area contributed by atoms with Crippen LogP contribution in [0.15, 0.2) is 35.3 Å². The summed E-state index contributed by atoms with van der Waals surface area (Å²) in [6.45, 7) is 3.29. The van der Waals surface area contributed by atoms with Gasteiger partial charge in [-0.3, -0.25) is 14.2 Å². The van der Waals surface area contributed by atoms with Crippen molar-refractivity contribution in [3.05, 3.63) is 51.9 Å².